The molecule has 0 aromatic heterocycles. The molecule has 1 aliphatic rings. The van der Waals surface area contributed by atoms with Crippen molar-refractivity contribution in [2.45, 2.75) is 45.4 Å². The number of piperazine rings is 1. The minimum Gasteiger partial charge on any atom is -0.481 e. The number of esters is 1. The lowest BCUT2D eigenvalue weighted by molar-refractivity contribution is -0.154. The molecule has 2 aromatic rings. The van der Waals surface area contributed by atoms with E-state index in [0.717, 1.165) is 12.0 Å². The second-order valence-corrected chi connectivity index (χ2v) is 7.45. The van der Waals surface area contributed by atoms with Crippen molar-refractivity contribution < 1.29 is 23.9 Å². The van der Waals surface area contributed by atoms with E-state index in [2.05, 4.69) is 12.2 Å². The van der Waals surface area contributed by atoms with Gasteiger partial charge in [-0.2, -0.15) is 0 Å². The van der Waals surface area contributed by atoms with Crippen LogP contribution in [0.25, 0.3) is 0 Å². The number of hydrogen-bond acceptors (Lipinski definition) is 5. The first-order chi connectivity index (χ1) is 15.0. The van der Waals surface area contributed by atoms with E-state index in [9.17, 15) is 14.4 Å². The molecule has 1 saturated heterocycles. The Morgan fingerprint density at radius 1 is 1.10 bits per heavy atom. The van der Waals surface area contributed by atoms with Gasteiger partial charge in [0, 0.05) is 13.1 Å². The zero-order chi connectivity index (χ0) is 22.2. The fourth-order valence-corrected chi connectivity index (χ4v) is 3.43. The van der Waals surface area contributed by atoms with E-state index >= 15 is 0 Å². The highest BCUT2D eigenvalue weighted by Gasteiger charge is 2.37. The Morgan fingerprint density at radius 2 is 1.81 bits per heavy atom. The number of nitrogens with one attached hydrogen (secondary N) is 1. The average Bonchev–Trinajstić information content (AvgIpc) is 2.79. The van der Waals surface area contributed by atoms with Crippen LogP contribution in [0.1, 0.15) is 31.4 Å². The maximum atomic E-state index is 13.0. The van der Waals surface area contributed by atoms with Crippen LogP contribution in [-0.2, 0) is 32.1 Å². The molecule has 7 heteroatoms. The highest BCUT2D eigenvalue weighted by Crippen LogP contribution is 2.18. The van der Waals surface area contributed by atoms with Gasteiger partial charge in [0.2, 0.25) is 5.91 Å². The molecule has 2 amide bonds. The van der Waals surface area contributed by atoms with Crippen molar-refractivity contribution in [3.8, 4) is 5.75 Å². The van der Waals surface area contributed by atoms with Gasteiger partial charge in [-0.25, -0.2) is 0 Å². The van der Waals surface area contributed by atoms with Crippen LogP contribution in [0.3, 0.4) is 0 Å². The maximum Gasteiger partial charge on any atom is 0.308 e. The summed E-state index contributed by atoms with van der Waals surface area (Å²) in [5.74, 6) is -0.656. The van der Waals surface area contributed by atoms with E-state index in [1.165, 1.54) is 10.5 Å². The Bertz CT molecular complexity index is 898. The molecular weight excluding hydrogens is 396 g/mol. The van der Waals surface area contributed by atoms with E-state index in [1.54, 1.807) is 6.92 Å². The SMILES string of the molecule is CCc1ccc(O[C@@H](C)C(=O)N2CCNC(=O)[C@H]2CC(=O)OCc2ccccc2)cc1. The first-order valence-corrected chi connectivity index (χ1v) is 10.5. The standard InChI is InChI=1S/C24H28N2O5/c1-3-18-9-11-20(12-10-18)31-17(2)24(29)26-14-13-25-23(28)21(26)15-22(27)30-16-19-7-5-4-6-8-19/h4-12,17,21H,3,13-16H2,1-2H3,(H,25,28)/t17-,21+/m0/s1. The van der Waals surface area contributed by atoms with Gasteiger partial charge in [-0.3, -0.25) is 14.4 Å². The zero-order valence-corrected chi connectivity index (χ0v) is 17.9. The van der Waals surface area contributed by atoms with Crippen LogP contribution in [0.2, 0.25) is 0 Å². The third kappa shape index (κ3) is 6.07. The normalized spacial score (nSPS) is 16.9. The molecule has 1 aliphatic heterocycles. The van der Waals surface area contributed by atoms with Crippen LogP contribution >= 0.6 is 0 Å². The van der Waals surface area contributed by atoms with E-state index < -0.39 is 18.1 Å². The Morgan fingerprint density at radius 3 is 2.48 bits per heavy atom. The zero-order valence-electron chi connectivity index (χ0n) is 17.9. The second-order valence-electron chi connectivity index (χ2n) is 7.45. The maximum absolute atomic E-state index is 13.0. The summed E-state index contributed by atoms with van der Waals surface area (Å²) < 4.78 is 11.1. The van der Waals surface area contributed by atoms with Crippen molar-refractivity contribution >= 4 is 17.8 Å². The van der Waals surface area contributed by atoms with E-state index in [4.69, 9.17) is 9.47 Å². The number of carbonyl (C=O) groups excluding carboxylic acids is 3. The van der Waals surface area contributed by atoms with Gasteiger partial charge in [-0.05, 0) is 36.6 Å². The fraction of sp³-hybridized carbons (Fsp3) is 0.375. The second kappa shape index (κ2) is 10.6. The molecule has 1 N–H and O–H groups in total. The number of aryl methyl sites for hydroxylation is 1. The summed E-state index contributed by atoms with van der Waals surface area (Å²) in [6, 6.07) is 15.9. The highest BCUT2D eigenvalue weighted by molar-refractivity contribution is 5.93. The molecule has 0 unspecified atom stereocenters. The Balaban J connectivity index is 1.60. The van der Waals surface area contributed by atoms with Crippen molar-refractivity contribution in [1.29, 1.82) is 0 Å². The molecule has 164 valence electrons. The van der Waals surface area contributed by atoms with Crippen molar-refractivity contribution in [2.24, 2.45) is 0 Å². The number of hydrogen-bond donors (Lipinski definition) is 1. The molecule has 7 nitrogen and oxygen atoms in total. The summed E-state index contributed by atoms with van der Waals surface area (Å²) >= 11 is 0. The molecule has 0 bridgehead atoms. The van der Waals surface area contributed by atoms with Gasteiger partial charge in [-0.15, -0.1) is 0 Å². The lowest BCUT2D eigenvalue weighted by Crippen LogP contribution is -2.60. The van der Waals surface area contributed by atoms with Gasteiger partial charge in [0.05, 0.1) is 6.42 Å². The topological polar surface area (TPSA) is 84.9 Å². The monoisotopic (exact) mass is 424 g/mol. The number of carbonyl (C=O) groups is 3. The molecule has 0 saturated carbocycles. The molecular formula is C24H28N2O5. The number of nitrogens with zero attached hydrogens (tertiary/aromatic N) is 1. The number of benzene rings is 2. The van der Waals surface area contributed by atoms with Gasteiger partial charge in [0.1, 0.15) is 18.4 Å². The Labute approximate surface area is 182 Å². The number of rotatable bonds is 8. The lowest BCUT2D eigenvalue weighted by Gasteiger charge is -2.36. The molecule has 0 spiro atoms. The minimum atomic E-state index is -0.918. The molecule has 0 radical (unpaired) electrons. The summed E-state index contributed by atoms with van der Waals surface area (Å²) in [6.45, 7) is 4.47. The van der Waals surface area contributed by atoms with Gasteiger partial charge >= 0.3 is 5.97 Å². The number of ether oxygens (including phenoxy) is 2. The highest BCUT2D eigenvalue weighted by atomic mass is 16.5. The van der Waals surface area contributed by atoms with Crippen LogP contribution in [0.5, 0.6) is 5.75 Å². The van der Waals surface area contributed by atoms with Crippen molar-refractivity contribution in [2.75, 3.05) is 13.1 Å². The van der Waals surface area contributed by atoms with Gasteiger partial charge in [-0.1, -0.05) is 49.4 Å². The summed E-state index contributed by atoms with van der Waals surface area (Å²) in [7, 11) is 0. The summed E-state index contributed by atoms with van der Waals surface area (Å²) in [4.78, 5) is 39.2. The quantitative estimate of drug-likeness (QED) is 0.658. The molecule has 2 atom stereocenters. The number of amides is 2. The van der Waals surface area contributed by atoms with Gasteiger partial charge in [0.15, 0.2) is 6.10 Å². The van der Waals surface area contributed by atoms with Crippen LogP contribution in [0, 0.1) is 0 Å². The van der Waals surface area contributed by atoms with Crippen molar-refractivity contribution in [1.82, 2.24) is 10.2 Å². The largest absolute Gasteiger partial charge is 0.481 e. The smallest absolute Gasteiger partial charge is 0.308 e. The van der Waals surface area contributed by atoms with Crippen molar-refractivity contribution in [3.05, 3.63) is 65.7 Å². The summed E-state index contributed by atoms with van der Waals surface area (Å²) in [5, 5.41) is 2.72. The summed E-state index contributed by atoms with van der Waals surface area (Å²) in [6.07, 6.45) is -0.0802. The summed E-state index contributed by atoms with van der Waals surface area (Å²) in [5.41, 5.74) is 2.03. The third-order valence-corrected chi connectivity index (χ3v) is 5.21. The van der Waals surface area contributed by atoms with Crippen molar-refractivity contribution in [3.63, 3.8) is 0 Å². The predicted octanol–water partition coefficient (Wildman–Crippen LogP) is 2.48. The first-order valence-electron chi connectivity index (χ1n) is 10.5. The first kappa shape index (κ1) is 22.3. The van der Waals surface area contributed by atoms with Crippen LogP contribution < -0.4 is 10.1 Å². The predicted molar refractivity (Wildman–Crippen MR) is 115 cm³/mol. The molecule has 1 heterocycles. The van der Waals surface area contributed by atoms with E-state index in [1.807, 2.05) is 54.6 Å². The average molecular weight is 424 g/mol. The van der Waals surface area contributed by atoms with Gasteiger partial charge in [0.25, 0.3) is 5.91 Å². The van der Waals surface area contributed by atoms with E-state index in [-0.39, 0.29) is 24.8 Å². The van der Waals surface area contributed by atoms with Crippen LogP contribution in [-0.4, -0.2) is 47.9 Å². The third-order valence-electron chi connectivity index (χ3n) is 5.21. The molecule has 3 rings (SSSR count). The molecule has 0 aliphatic carbocycles. The molecule has 1 fully saturated rings. The molecule has 31 heavy (non-hydrogen) atoms. The van der Waals surface area contributed by atoms with Gasteiger partial charge < -0.3 is 19.7 Å². The lowest BCUT2D eigenvalue weighted by atomic mass is 10.1. The van der Waals surface area contributed by atoms with E-state index in [0.29, 0.717) is 18.8 Å². The Hall–Kier alpha value is -3.35. The minimum absolute atomic E-state index is 0.120. The van der Waals surface area contributed by atoms with Crippen LogP contribution in [0.15, 0.2) is 54.6 Å². The fourth-order valence-electron chi connectivity index (χ4n) is 3.43. The molecule has 2 aromatic carbocycles. The Kier molecular flexibility index (Phi) is 7.65. The van der Waals surface area contributed by atoms with Crippen LogP contribution in [0.4, 0.5) is 0 Å².